The van der Waals surface area contributed by atoms with E-state index in [0.717, 1.165) is 4.90 Å². The van der Waals surface area contributed by atoms with Crippen molar-refractivity contribution in [1.29, 1.82) is 0 Å². The van der Waals surface area contributed by atoms with Gasteiger partial charge in [0.25, 0.3) is 0 Å². The first-order chi connectivity index (χ1) is 7.11. The van der Waals surface area contributed by atoms with Crippen LogP contribution >= 0.6 is 0 Å². The van der Waals surface area contributed by atoms with Crippen LogP contribution in [0.3, 0.4) is 0 Å². The molecular weight excluding hydrogens is 198 g/mol. The summed E-state index contributed by atoms with van der Waals surface area (Å²) in [6.45, 7) is 0.991. The van der Waals surface area contributed by atoms with E-state index in [9.17, 15) is 19.8 Å². The van der Waals surface area contributed by atoms with Crippen molar-refractivity contribution >= 4 is 11.8 Å². The molecule has 2 rings (SSSR count). The Kier molecular flexibility index (Phi) is 2.31. The number of amides is 2. The fourth-order valence-electron chi connectivity index (χ4n) is 2.22. The van der Waals surface area contributed by atoms with Crippen molar-refractivity contribution in [2.45, 2.75) is 25.3 Å². The predicted octanol–water partition coefficient (Wildman–Crippen LogP) is -0.875. The maximum Gasteiger partial charge on any atom is 0.233 e. The third-order valence-electron chi connectivity index (χ3n) is 3.59. The Hall–Kier alpha value is -0.940. The van der Waals surface area contributed by atoms with Gasteiger partial charge in [-0.2, -0.15) is 0 Å². The molecular formula is C10H15NO4. The van der Waals surface area contributed by atoms with Crippen molar-refractivity contribution in [3.8, 4) is 0 Å². The molecule has 2 amide bonds. The van der Waals surface area contributed by atoms with Gasteiger partial charge in [-0.25, -0.2) is 0 Å². The summed E-state index contributed by atoms with van der Waals surface area (Å²) in [6.07, 6.45) is 1.02. The molecule has 1 aliphatic heterocycles. The van der Waals surface area contributed by atoms with Crippen LogP contribution < -0.4 is 0 Å². The summed E-state index contributed by atoms with van der Waals surface area (Å²) in [7, 11) is 0. The second-order valence-corrected chi connectivity index (χ2v) is 4.35. The molecule has 5 nitrogen and oxygen atoms in total. The highest BCUT2D eigenvalue weighted by Crippen LogP contribution is 2.49. The summed E-state index contributed by atoms with van der Waals surface area (Å²) in [5, 5.41) is 18.5. The minimum Gasteiger partial charge on any atom is -0.394 e. The standard InChI is InChI=1S/C10H15NO4/c1-2-10(4-12,5-13)11-8(14)6-3-7(6)9(11)15/h6-7,12-13H,2-5H2,1H3. The van der Waals surface area contributed by atoms with Crippen LogP contribution in [0.5, 0.6) is 0 Å². The number of piperidine rings is 1. The zero-order valence-electron chi connectivity index (χ0n) is 8.64. The summed E-state index contributed by atoms with van der Waals surface area (Å²) in [4.78, 5) is 24.6. The number of imide groups is 1. The molecule has 1 saturated carbocycles. The van der Waals surface area contributed by atoms with Crippen LogP contribution in [0.25, 0.3) is 0 Å². The largest absolute Gasteiger partial charge is 0.394 e. The molecule has 2 N–H and O–H groups in total. The average molecular weight is 213 g/mol. The maximum atomic E-state index is 11.8. The summed E-state index contributed by atoms with van der Waals surface area (Å²) >= 11 is 0. The Morgan fingerprint density at radius 1 is 1.27 bits per heavy atom. The van der Waals surface area contributed by atoms with Gasteiger partial charge in [-0.1, -0.05) is 6.92 Å². The first-order valence-corrected chi connectivity index (χ1v) is 5.21. The lowest BCUT2D eigenvalue weighted by molar-refractivity contribution is -0.153. The maximum absolute atomic E-state index is 11.8. The molecule has 0 aromatic rings. The Morgan fingerprint density at radius 3 is 2.07 bits per heavy atom. The molecule has 0 spiro atoms. The fourth-order valence-corrected chi connectivity index (χ4v) is 2.22. The van der Waals surface area contributed by atoms with Crippen LogP contribution in [0.15, 0.2) is 0 Å². The molecule has 1 saturated heterocycles. The Balaban J connectivity index is 2.29. The number of nitrogens with zero attached hydrogens (tertiary/aromatic N) is 1. The topological polar surface area (TPSA) is 77.8 Å². The van der Waals surface area contributed by atoms with Crippen molar-refractivity contribution in [1.82, 2.24) is 4.90 Å². The van der Waals surface area contributed by atoms with E-state index in [4.69, 9.17) is 0 Å². The second kappa shape index (κ2) is 3.28. The number of aliphatic hydroxyl groups excluding tert-OH is 2. The molecule has 5 heteroatoms. The number of rotatable bonds is 4. The fraction of sp³-hybridized carbons (Fsp3) is 0.800. The highest BCUT2D eigenvalue weighted by atomic mass is 16.3. The van der Waals surface area contributed by atoms with Gasteiger partial charge in [0.2, 0.25) is 11.8 Å². The van der Waals surface area contributed by atoms with Gasteiger partial charge in [0, 0.05) is 0 Å². The lowest BCUT2D eigenvalue weighted by Gasteiger charge is -2.37. The van der Waals surface area contributed by atoms with E-state index < -0.39 is 5.54 Å². The van der Waals surface area contributed by atoms with Crippen molar-refractivity contribution < 1.29 is 19.8 Å². The molecule has 1 heterocycles. The molecule has 0 aromatic carbocycles. The summed E-state index contributed by atoms with van der Waals surface area (Å²) in [6, 6.07) is 0. The number of carbonyl (C=O) groups is 2. The van der Waals surface area contributed by atoms with Crippen molar-refractivity contribution in [2.75, 3.05) is 13.2 Å². The second-order valence-electron chi connectivity index (χ2n) is 4.35. The van der Waals surface area contributed by atoms with Gasteiger partial charge >= 0.3 is 0 Å². The lowest BCUT2D eigenvalue weighted by Crippen LogP contribution is -2.57. The van der Waals surface area contributed by atoms with Gasteiger partial charge in [0.05, 0.1) is 30.6 Å². The quantitative estimate of drug-likeness (QED) is 0.595. The van der Waals surface area contributed by atoms with Crippen molar-refractivity contribution in [3.05, 3.63) is 0 Å². The number of carbonyl (C=O) groups excluding carboxylic acids is 2. The van der Waals surface area contributed by atoms with Crippen LogP contribution in [0, 0.1) is 11.8 Å². The molecule has 2 aliphatic rings. The normalized spacial score (nSPS) is 29.7. The summed E-state index contributed by atoms with van der Waals surface area (Å²) < 4.78 is 0. The first kappa shape index (κ1) is 10.6. The van der Waals surface area contributed by atoms with E-state index in [-0.39, 0.29) is 36.9 Å². The van der Waals surface area contributed by atoms with Crippen LogP contribution in [0.2, 0.25) is 0 Å². The molecule has 0 aromatic heterocycles. The Labute approximate surface area is 87.7 Å². The zero-order chi connectivity index (χ0) is 11.2. The van der Waals surface area contributed by atoms with Crippen LogP contribution in [0.4, 0.5) is 0 Å². The third-order valence-corrected chi connectivity index (χ3v) is 3.59. The van der Waals surface area contributed by atoms with Crippen LogP contribution in [-0.2, 0) is 9.59 Å². The van der Waals surface area contributed by atoms with Gasteiger partial charge in [-0.15, -0.1) is 0 Å². The summed E-state index contributed by atoms with van der Waals surface area (Å²) in [5.74, 6) is -0.812. The molecule has 2 unspecified atom stereocenters. The predicted molar refractivity (Wildman–Crippen MR) is 50.6 cm³/mol. The van der Waals surface area contributed by atoms with Gasteiger partial charge < -0.3 is 10.2 Å². The van der Waals surface area contributed by atoms with Crippen molar-refractivity contribution in [3.63, 3.8) is 0 Å². The first-order valence-electron chi connectivity index (χ1n) is 5.21. The molecule has 2 atom stereocenters. The van der Waals surface area contributed by atoms with E-state index in [1.54, 1.807) is 6.92 Å². The molecule has 0 bridgehead atoms. The van der Waals surface area contributed by atoms with Gasteiger partial charge in [-0.3, -0.25) is 14.5 Å². The molecule has 84 valence electrons. The third kappa shape index (κ3) is 1.23. The van der Waals surface area contributed by atoms with E-state index in [1.807, 2.05) is 0 Å². The van der Waals surface area contributed by atoms with E-state index >= 15 is 0 Å². The minimum atomic E-state index is -1.10. The lowest BCUT2D eigenvalue weighted by atomic mass is 9.95. The minimum absolute atomic E-state index is 0.179. The molecule has 0 radical (unpaired) electrons. The highest BCUT2D eigenvalue weighted by Gasteiger charge is 2.62. The molecule has 15 heavy (non-hydrogen) atoms. The van der Waals surface area contributed by atoms with E-state index in [1.165, 1.54) is 0 Å². The van der Waals surface area contributed by atoms with E-state index in [0.29, 0.717) is 12.8 Å². The number of fused-ring (bicyclic) bond motifs is 1. The molecule has 2 fully saturated rings. The highest BCUT2D eigenvalue weighted by molar-refractivity contribution is 6.09. The molecule has 1 aliphatic carbocycles. The SMILES string of the molecule is CCC(CO)(CO)N1C(=O)C2CC2C1=O. The van der Waals surface area contributed by atoms with Gasteiger partial charge in [0.15, 0.2) is 0 Å². The number of aliphatic hydroxyl groups is 2. The smallest absolute Gasteiger partial charge is 0.233 e. The summed E-state index contributed by atoms with van der Waals surface area (Å²) in [5.41, 5.74) is -1.10. The van der Waals surface area contributed by atoms with E-state index in [2.05, 4.69) is 0 Å². The number of likely N-dealkylation sites (tertiary alicyclic amines) is 1. The van der Waals surface area contributed by atoms with Crippen LogP contribution in [-0.4, -0.2) is 45.7 Å². The average Bonchev–Trinajstić information content (AvgIpc) is 3.00. The Bertz CT molecular complexity index is 282. The zero-order valence-corrected chi connectivity index (χ0v) is 8.64. The monoisotopic (exact) mass is 213 g/mol. The Morgan fingerprint density at radius 2 is 1.73 bits per heavy atom. The number of hydrogen-bond acceptors (Lipinski definition) is 4. The van der Waals surface area contributed by atoms with Gasteiger partial charge in [-0.05, 0) is 12.8 Å². The van der Waals surface area contributed by atoms with Crippen molar-refractivity contribution in [2.24, 2.45) is 11.8 Å². The van der Waals surface area contributed by atoms with Gasteiger partial charge in [0.1, 0.15) is 0 Å². The number of hydrogen-bond donors (Lipinski definition) is 2. The van der Waals surface area contributed by atoms with Crippen LogP contribution in [0.1, 0.15) is 19.8 Å².